The highest BCUT2D eigenvalue weighted by Crippen LogP contribution is 2.22. The molecular weight excluding hydrogens is 250 g/mol. The van der Waals surface area contributed by atoms with E-state index in [0.29, 0.717) is 13.1 Å². The maximum absolute atomic E-state index is 11.6. The minimum atomic E-state index is -0.840. The summed E-state index contributed by atoms with van der Waals surface area (Å²) in [6, 6.07) is -0.571. The van der Waals surface area contributed by atoms with E-state index in [1.807, 2.05) is 6.92 Å². The lowest BCUT2D eigenvalue weighted by atomic mass is 9.99. The average molecular weight is 271 g/mol. The van der Waals surface area contributed by atoms with Crippen molar-refractivity contribution < 1.29 is 19.5 Å². The Kier molecular flexibility index (Phi) is 5.29. The van der Waals surface area contributed by atoms with Crippen molar-refractivity contribution in [2.24, 2.45) is 11.8 Å². The maximum Gasteiger partial charge on any atom is 0.321 e. The Morgan fingerprint density at radius 1 is 1.32 bits per heavy atom. The van der Waals surface area contributed by atoms with Crippen LogP contribution in [0, 0.1) is 11.8 Å². The van der Waals surface area contributed by atoms with Gasteiger partial charge in [0.25, 0.3) is 0 Å². The van der Waals surface area contributed by atoms with Crippen molar-refractivity contribution in [1.29, 1.82) is 0 Å². The van der Waals surface area contributed by atoms with Crippen molar-refractivity contribution in [3.05, 3.63) is 0 Å². The molecule has 7 nitrogen and oxygen atoms in total. The normalized spacial score (nSPS) is 23.4. The number of nitrogens with zero attached hydrogens (tertiary/aromatic N) is 1. The third kappa shape index (κ3) is 4.86. The Morgan fingerprint density at radius 2 is 1.95 bits per heavy atom. The lowest BCUT2D eigenvalue weighted by molar-refractivity contribution is -0.142. The number of carboxylic acid groups (broad SMARTS) is 1. The lowest BCUT2D eigenvalue weighted by Gasteiger charge is -2.15. The van der Waals surface area contributed by atoms with Gasteiger partial charge < -0.3 is 10.4 Å². The number of imide groups is 1. The van der Waals surface area contributed by atoms with E-state index in [9.17, 15) is 14.4 Å². The third-order valence-corrected chi connectivity index (χ3v) is 3.05. The number of aliphatic carboxylic acids is 1. The zero-order valence-corrected chi connectivity index (χ0v) is 11.5. The van der Waals surface area contributed by atoms with Gasteiger partial charge in [-0.05, 0) is 19.8 Å². The van der Waals surface area contributed by atoms with Gasteiger partial charge in [-0.2, -0.15) is 0 Å². The van der Waals surface area contributed by atoms with Crippen molar-refractivity contribution in [2.45, 2.75) is 26.8 Å². The van der Waals surface area contributed by atoms with E-state index < -0.39 is 23.8 Å². The molecule has 19 heavy (non-hydrogen) atoms. The van der Waals surface area contributed by atoms with Crippen molar-refractivity contribution in [2.75, 3.05) is 19.6 Å². The number of rotatable bonds is 4. The Hall–Kier alpha value is -1.63. The smallest absolute Gasteiger partial charge is 0.321 e. The molecular formula is C12H21N3O4. The number of hydrogen-bond acceptors (Lipinski definition) is 4. The molecule has 3 N–H and O–H groups in total. The Balaban J connectivity index is 2.38. The molecule has 3 amide bonds. The molecule has 2 atom stereocenters. The van der Waals surface area contributed by atoms with Crippen LogP contribution in [-0.2, 0) is 9.59 Å². The summed E-state index contributed by atoms with van der Waals surface area (Å²) in [5.41, 5.74) is 0. The molecule has 7 heteroatoms. The van der Waals surface area contributed by atoms with Gasteiger partial charge in [0.1, 0.15) is 0 Å². The second-order valence-electron chi connectivity index (χ2n) is 5.29. The molecule has 108 valence electrons. The second kappa shape index (κ2) is 6.51. The summed E-state index contributed by atoms with van der Waals surface area (Å²) in [6.07, 6.45) is 0. The van der Waals surface area contributed by atoms with Gasteiger partial charge in [-0.3, -0.25) is 19.8 Å². The summed E-state index contributed by atoms with van der Waals surface area (Å²) in [5.74, 6) is -1.70. The van der Waals surface area contributed by atoms with E-state index in [4.69, 9.17) is 5.11 Å². The highest BCUT2D eigenvalue weighted by Gasteiger charge is 2.35. The third-order valence-electron chi connectivity index (χ3n) is 3.05. The van der Waals surface area contributed by atoms with E-state index in [1.165, 1.54) is 0 Å². The number of nitrogens with one attached hydrogen (secondary N) is 2. The predicted octanol–water partition coefficient (Wildman–Crippen LogP) is -0.127. The molecule has 0 aliphatic carbocycles. The SMILES string of the molecule is CC(C)NC(=O)NC(=O)CN1CC(C)C(C(=O)O)C1. The van der Waals surface area contributed by atoms with Crippen LogP contribution in [0.5, 0.6) is 0 Å². The summed E-state index contributed by atoms with van der Waals surface area (Å²) >= 11 is 0. The summed E-state index contributed by atoms with van der Waals surface area (Å²) < 4.78 is 0. The molecule has 0 bridgehead atoms. The highest BCUT2D eigenvalue weighted by molar-refractivity contribution is 5.95. The van der Waals surface area contributed by atoms with Gasteiger partial charge in [-0.1, -0.05) is 6.92 Å². The van der Waals surface area contributed by atoms with Crippen LogP contribution < -0.4 is 10.6 Å². The first kappa shape index (κ1) is 15.4. The number of carboxylic acids is 1. The fourth-order valence-electron chi connectivity index (χ4n) is 2.19. The minimum absolute atomic E-state index is 0.00907. The van der Waals surface area contributed by atoms with E-state index in [2.05, 4.69) is 10.6 Å². The predicted molar refractivity (Wildman–Crippen MR) is 68.5 cm³/mol. The van der Waals surface area contributed by atoms with E-state index >= 15 is 0 Å². The molecule has 2 unspecified atom stereocenters. The number of urea groups is 1. The van der Waals surface area contributed by atoms with E-state index in [0.717, 1.165) is 0 Å². The van der Waals surface area contributed by atoms with Crippen LogP contribution in [0.4, 0.5) is 4.79 Å². The van der Waals surface area contributed by atoms with Crippen LogP contribution in [0.25, 0.3) is 0 Å². The first-order chi connectivity index (χ1) is 8.79. The Morgan fingerprint density at radius 3 is 2.42 bits per heavy atom. The first-order valence-electron chi connectivity index (χ1n) is 6.35. The van der Waals surface area contributed by atoms with Crippen LogP contribution in [0.2, 0.25) is 0 Å². The molecule has 1 aliphatic rings. The molecule has 0 aromatic carbocycles. The van der Waals surface area contributed by atoms with Crippen molar-refractivity contribution in [1.82, 2.24) is 15.5 Å². The van der Waals surface area contributed by atoms with Crippen LogP contribution in [0.15, 0.2) is 0 Å². The van der Waals surface area contributed by atoms with Crippen LogP contribution in [0.3, 0.4) is 0 Å². The summed E-state index contributed by atoms with van der Waals surface area (Å²) in [4.78, 5) is 35.6. The van der Waals surface area contributed by atoms with Gasteiger partial charge in [0.15, 0.2) is 0 Å². The number of hydrogen-bond donors (Lipinski definition) is 3. The quantitative estimate of drug-likeness (QED) is 0.661. The lowest BCUT2D eigenvalue weighted by Crippen LogP contribution is -2.46. The molecule has 0 aromatic heterocycles. The van der Waals surface area contributed by atoms with Gasteiger partial charge in [0, 0.05) is 19.1 Å². The number of amides is 3. The molecule has 0 aromatic rings. The molecule has 1 aliphatic heterocycles. The van der Waals surface area contributed by atoms with E-state index in [1.54, 1.807) is 18.7 Å². The average Bonchev–Trinajstić information content (AvgIpc) is 2.57. The maximum atomic E-state index is 11.6. The van der Waals surface area contributed by atoms with Gasteiger partial charge >= 0.3 is 12.0 Å². The van der Waals surface area contributed by atoms with E-state index in [-0.39, 0.29) is 18.5 Å². The molecule has 1 heterocycles. The fraction of sp³-hybridized carbons (Fsp3) is 0.750. The minimum Gasteiger partial charge on any atom is -0.481 e. The Labute approximate surface area is 112 Å². The summed E-state index contributed by atoms with van der Waals surface area (Å²) in [6.45, 7) is 6.38. The summed E-state index contributed by atoms with van der Waals surface area (Å²) in [7, 11) is 0. The Bertz CT molecular complexity index is 370. The largest absolute Gasteiger partial charge is 0.481 e. The molecule has 0 spiro atoms. The number of carbonyl (C=O) groups is 3. The number of carbonyl (C=O) groups excluding carboxylic acids is 2. The monoisotopic (exact) mass is 271 g/mol. The zero-order valence-electron chi connectivity index (χ0n) is 11.5. The van der Waals surface area contributed by atoms with Crippen molar-refractivity contribution >= 4 is 17.9 Å². The fourth-order valence-corrected chi connectivity index (χ4v) is 2.19. The van der Waals surface area contributed by atoms with Crippen LogP contribution >= 0.6 is 0 Å². The van der Waals surface area contributed by atoms with Crippen LogP contribution in [0.1, 0.15) is 20.8 Å². The van der Waals surface area contributed by atoms with Gasteiger partial charge in [-0.25, -0.2) is 4.79 Å². The molecule has 0 saturated carbocycles. The standard InChI is InChI=1S/C12H21N3O4/c1-7(2)13-12(19)14-10(16)6-15-4-8(3)9(5-15)11(17)18/h7-9H,4-6H2,1-3H3,(H,17,18)(H2,13,14,16,19). The number of likely N-dealkylation sites (tertiary alicyclic amines) is 1. The van der Waals surface area contributed by atoms with Crippen LogP contribution in [-0.4, -0.2) is 53.6 Å². The molecule has 1 saturated heterocycles. The molecule has 0 radical (unpaired) electrons. The second-order valence-corrected chi connectivity index (χ2v) is 5.29. The highest BCUT2D eigenvalue weighted by atomic mass is 16.4. The molecule has 1 fully saturated rings. The first-order valence-corrected chi connectivity index (χ1v) is 6.35. The van der Waals surface area contributed by atoms with Crippen molar-refractivity contribution in [3.63, 3.8) is 0 Å². The van der Waals surface area contributed by atoms with Gasteiger partial charge in [0.05, 0.1) is 12.5 Å². The van der Waals surface area contributed by atoms with Crippen molar-refractivity contribution in [3.8, 4) is 0 Å². The topological polar surface area (TPSA) is 98.7 Å². The zero-order chi connectivity index (χ0) is 14.6. The summed E-state index contributed by atoms with van der Waals surface area (Å²) in [5, 5.41) is 13.8. The molecule has 1 rings (SSSR count). The van der Waals surface area contributed by atoms with Gasteiger partial charge in [-0.15, -0.1) is 0 Å². The van der Waals surface area contributed by atoms with Gasteiger partial charge in [0.2, 0.25) is 5.91 Å².